The van der Waals surface area contributed by atoms with Gasteiger partial charge < -0.3 is 15.4 Å². The first-order chi connectivity index (χ1) is 15.3. The molecule has 2 aromatic carbocycles. The number of ether oxygens (including phenoxy) is 1. The van der Waals surface area contributed by atoms with E-state index in [-0.39, 0.29) is 24.0 Å². The fraction of sp³-hybridized carbons (Fsp3) is 0.360. The summed E-state index contributed by atoms with van der Waals surface area (Å²) in [6.45, 7) is 3.73. The number of likely N-dealkylation sites (tertiary alicyclic amines) is 1. The van der Waals surface area contributed by atoms with Gasteiger partial charge in [-0.25, -0.2) is 0 Å². The van der Waals surface area contributed by atoms with E-state index in [0.29, 0.717) is 12.6 Å². The topological polar surface area (TPSA) is 61.8 Å². The number of para-hydroxylation sites is 1. The van der Waals surface area contributed by atoms with Gasteiger partial charge in [-0.1, -0.05) is 36.4 Å². The zero-order chi connectivity index (χ0) is 21.5. The van der Waals surface area contributed by atoms with E-state index in [1.807, 2.05) is 31.4 Å². The Kier molecular flexibility index (Phi) is 9.11. The van der Waals surface area contributed by atoms with Crippen molar-refractivity contribution in [1.29, 1.82) is 0 Å². The molecule has 1 aromatic heterocycles. The molecule has 1 saturated heterocycles. The Labute approximate surface area is 207 Å². The Morgan fingerprint density at radius 1 is 1.06 bits per heavy atom. The van der Waals surface area contributed by atoms with Crippen LogP contribution >= 0.6 is 24.0 Å². The monoisotopic (exact) mass is 545 g/mol. The Bertz CT molecular complexity index is 1010. The number of benzene rings is 2. The number of hydrogen-bond acceptors (Lipinski definition) is 4. The molecule has 32 heavy (non-hydrogen) atoms. The summed E-state index contributed by atoms with van der Waals surface area (Å²) in [5.41, 5.74) is 3.48. The van der Waals surface area contributed by atoms with Crippen molar-refractivity contribution in [1.82, 2.24) is 20.5 Å². The van der Waals surface area contributed by atoms with Gasteiger partial charge in [0.2, 0.25) is 0 Å². The second kappa shape index (κ2) is 12.0. The van der Waals surface area contributed by atoms with E-state index in [1.54, 1.807) is 7.11 Å². The normalized spacial score (nSPS) is 15.2. The summed E-state index contributed by atoms with van der Waals surface area (Å²) in [6, 6.07) is 19.1. The minimum Gasteiger partial charge on any atom is -0.497 e. The molecular formula is C25H32IN5O. The minimum absolute atomic E-state index is 0. The van der Waals surface area contributed by atoms with Gasteiger partial charge >= 0.3 is 0 Å². The molecule has 2 heterocycles. The fourth-order valence-electron chi connectivity index (χ4n) is 4.24. The second-order valence-corrected chi connectivity index (χ2v) is 7.83. The quantitative estimate of drug-likeness (QED) is 0.263. The number of halogens is 1. The van der Waals surface area contributed by atoms with Crippen LogP contribution in [0.5, 0.6) is 5.75 Å². The SMILES string of the molecule is CN=C(NCc1cccc2cccnc12)NCC(c1ccc(OC)cc1)N1CCCC1.I. The Morgan fingerprint density at radius 3 is 2.53 bits per heavy atom. The zero-order valence-corrected chi connectivity index (χ0v) is 21.1. The van der Waals surface area contributed by atoms with Crippen LogP contribution in [0.3, 0.4) is 0 Å². The van der Waals surface area contributed by atoms with Gasteiger partial charge in [-0.2, -0.15) is 0 Å². The average molecular weight is 545 g/mol. The molecule has 1 atom stereocenters. The molecule has 0 spiro atoms. The number of hydrogen-bond donors (Lipinski definition) is 2. The van der Waals surface area contributed by atoms with Gasteiger partial charge in [0, 0.05) is 31.7 Å². The molecule has 4 rings (SSSR count). The van der Waals surface area contributed by atoms with Crippen LogP contribution in [0.25, 0.3) is 10.9 Å². The lowest BCUT2D eigenvalue weighted by atomic mass is 10.1. The zero-order valence-electron chi connectivity index (χ0n) is 18.8. The Hall–Kier alpha value is -2.39. The summed E-state index contributed by atoms with van der Waals surface area (Å²) >= 11 is 0. The lowest BCUT2D eigenvalue weighted by Gasteiger charge is -2.29. The van der Waals surface area contributed by atoms with Crippen LogP contribution < -0.4 is 15.4 Å². The molecule has 1 unspecified atom stereocenters. The smallest absolute Gasteiger partial charge is 0.191 e. The van der Waals surface area contributed by atoms with E-state index >= 15 is 0 Å². The maximum Gasteiger partial charge on any atom is 0.191 e. The Balaban J connectivity index is 0.00000289. The number of nitrogens with zero attached hydrogens (tertiary/aromatic N) is 3. The third kappa shape index (κ3) is 5.89. The van der Waals surface area contributed by atoms with Gasteiger partial charge in [0.05, 0.1) is 18.7 Å². The maximum absolute atomic E-state index is 5.33. The van der Waals surface area contributed by atoms with Crippen LogP contribution in [0, 0.1) is 0 Å². The number of pyridine rings is 1. The molecule has 0 amide bonds. The van der Waals surface area contributed by atoms with E-state index in [1.165, 1.54) is 18.4 Å². The molecule has 6 nitrogen and oxygen atoms in total. The van der Waals surface area contributed by atoms with Crippen molar-refractivity contribution >= 4 is 40.8 Å². The van der Waals surface area contributed by atoms with Crippen LogP contribution in [-0.4, -0.2) is 49.6 Å². The van der Waals surface area contributed by atoms with E-state index in [4.69, 9.17) is 4.74 Å². The van der Waals surface area contributed by atoms with E-state index in [0.717, 1.165) is 47.8 Å². The van der Waals surface area contributed by atoms with E-state index in [2.05, 4.69) is 61.9 Å². The number of aromatic nitrogens is 1. The largest absolute Gasteiger partial charge is 0.497 e. The molecule has 0 aliphatic carbocycles. The average Bonchev–Trinajstić information content (AvgIpc) is 3.36. The standard InChI is InChI=1S/C25H31N5O.HI/c1-26-25(28-17-21-8-5-7-20-9-6-14-27-24(20)21)29-18-23(30-15-3-4-16-30)19-10-12-22(31-2)13-11-19;/h5-14,23H,3-4,15-18H2,1-2H3,(H2,26,28,29);1H. The molecule has 0 bridgehead atoms. The number of rotatable bonds is 7. The first-order valence-electron chi connectivity index (χ1n) is 10.9. The molecule has 1 aliphatic heterocycles. The predicted molar refractivity (Wildman–Crippen MR) is 142 cm³/mol. The van der Waals surface area contributed by atoms with Gasteiger partial charge in [0.1, 0.15) is 5.75 Å². The number of fused-ring (bicyclic) bond motifs is 1. The number of aliphatic imine (C=N–C) groups is 1. The van der Waals surface area contributed by atoms with Gasteiger partial charge in [-0.15, -0.1) is 24.0 Å². The van der Waals surface area contributed by atoms with Crippen molar-refractivity contribution in [2.75, 3.05) is 33.8 Å². The van der Waals surface area contributed by atoms with Crippen molar-refractivity contribution in [3.05, 3.63) is 71.9 Å². The lowest BCUT2D eigenvalue weighted by molar-refractivity contribution is 0.245. The predicted octanol–water partition coefficient (Wildman–Crippen LogP) is 4.36. The summed E-state index contributed by atoms with van der Waals surface area (Å²) in [6.07, 6.45) is 4.36. The molecule has 1 fully saturated rings. The molecule has 2 N–H and O–H groups in total. The minimum atomic E-state index is 0. The molecule has 0 radical (unpaired) electrons. The number of guanidine groups is 1. The van der Waals surface area contributed by atoms with Crippen molar-refractivity contribution in [3.8, 4) is 5.75 Å². The van der Waals surface area contributed by atoms with Gasteiger partial charge in [-0.05, 0) is 55.3 Å². The lowest BCUT2D eigenvalue weighted by Crippen LogP contribution is -2.42. The van der Waals surface area contributed by atoms with Gasteiger partial charge in [-0.3, -0.25) is 14.9 Å². The molecule has 7 heteroatoms. The van der Waals surface area contributed by atoms with Crippen LogP contribution in [0.15, 0.2) is 65.8 Å². The molecule has 3 aromatic rings. The highest BCUT2D eigenvalue weighted by Gasteiger charge is 2.23. The third-order valence-corrected chi connectivity index (χ3v) is 5.93. The highest BCUT2D eigenvalue weighted by atomic mass is 127. The van der Waals surface area contributed by atoms with Gasteiger partial charge in [0.25, 0.3) is 0 Å². The third-order valence-electron chi connectivity index (χ3n) is 5.93. The Morgan fingerprint density at radius 2 is 1.81 bits per heavy atom. The van der Waals surface area contributed by atoms with Crippen molar-refractivity contribution in [2.45, 2.75) is 25.4 Å². The summed E-state index contributed by atoms with van der Waals surface area (Å²) < 4.78 is 5.33. The van der Waals surface area contributed by atoms with Gasteiger partial charge in [0.15, 0.2) is 5.96 Å². The summed E-state index contributed by atoms with van der Waals surface area (Å²) in [4.78, 5) is 11.5. The fourth-order valence-corrected chi connectivity index (χ4v) is 4.24. The molecule has 0 saturated carbocycles. The first kappa shape index (κ1) is 24.3. The highest BCUT2D eigenvalue weighted by molar-refractivity contribution is 14.0. The van der Waals surface area contributed by atoms with Crippen molar-refractivity contribution < 1.29 is 4.74 Å². The van der Waals surface area contributed by atoms with E-state index < -0.39 is 0 Å². The second-order valence-electron chi connectivity index (χ2n) is 7.83. The molecule has 170 valence electrons. The van der Waals surface area contributed by atoms with Crippen LogP contribution in [0.2, 0.25) is 0 Å². The first-order valence-corrected chi connectivity index (χ1v) is 10.9. The van der Waals surface area contributed by atoms with Crippen molar-refractivity contribution in [3.63, 3.8) is 0 Å². The molecule has 1 aliphatic rings. The van der Waals surface area contributed by atoms with Crippen LogP contribution in [0.4, 0.5) is 0 Å². The van der Waals surface area contributed by atoms with E-state index in [9.17, 15) is 0 Å². The summed E-state index contributed by atoms with van der Waals surface area (Å²) in [5, 5.41) is 8.14. The highest BCUT2D eigenvalue weighted by Crippen LogP contribution is 2.26. The van der Waals surface area contributed by atoms with Crippen LogP contribution in [-0.2, 0) is 6.54 Å². The van der Waals surface area contributed by atoms with Crippen LogP contribution in [0.1, 0.15) is 30.0 Å². The summed E-state index contributed by atoms with van der Waals surface area (Å²) in [5.74, 6) is 1.68. The number of nitrogens with one attached hydrogen (secondary N) is 2. The number of methoxy groups -OCH3 is 1. The summed E-state index contributed by atoms with van der Waals surface area (Å²) in [7, 11) is 3.52. The van der Waals surface area contributed by atoms with Crippen molar-refractivity contribution in [2.24, 2.45) is 4.99 Å². The molecular weight excluding hydrogens is 513 g/mol. The maximum atomic E-state index is 5.33.